The molecule has 0 aromatic rings. The number of aliphatic hydroxyl groups is 4. The molecule has 1 saturated heterocycles. The van der Waals surface area contributed by atoms with Gasteiger partial charge in [0.2, 0.25) is 0 Å². The monoisotopic (exact) mass is 178 g/mol. The lowest BCUT2D eigenvalue weighted by Crippen LogP contribution is -2.57. The third-order valence-corrected chi connectivity index (χ3v) is 2.13. The van der Waals surface area contributed by atoms with E-state index in [-0.39, 0.29) is 6.61 Å². The van der Waals surface area contributed by atoms with Gasteiger partial charge in [-0.05, 0) is 6.92 Å². The maximum absolute atomic E-state index is 9.23. The van der Waals surface area contributed by atoms with Crippen molar-refractivity contribution in [3.63, 3.8) is 0 Å². The SMILES string of the molecule is C[C@H]1OC(CO)C(O)[C@H](O)C1O. The van der Waals surface area contributed by atoms with Crippen molar-refractivity contribution in [2.24, 2.45) is 0 Å². The molecule has 5 heteroatoms. The van der Waals surface area contributed by atoms with Gasteiger partial charge in [-0.15, -0.1) is 0 Å². The normalized spacial score (nSPS) is 49.2. The fourth-order valence-electron chi connectivity index (χ4n) is 1.29. The van der Waals surface area contributed by atoms with E-state index >= 15 is 0 Å². The Morgan fingerprint density at radius 2 is 1.67 bits per heavy atom. The Kier molecular flexibility index (Phi) is 3.03. The highest BCUT2D eigenvalue weighted by molar-refractivity contribution is 4.89. The van der Waals surface area contributed by atoms with Crippen LogP contribution < -0.4 is 0 Å². The van der Waals surface area contributed by atoms with Crippen LogP contribution in [0.4, 0.5) is 0 Å². The minimum Gasteiger partial charge on any atom is -0.394 e. The molecule has 1 aliphatic heterocycles. The second-order valence-corrected chi connectivity index (χ2v) is 3.03. The van der Waals surface area contributed by atoms with Crippen LogP contribution >= 0.6 is 0 Å². The van der Waals surface area contributed by atoms with Crippen LogP contribution in [0.15, 0.2) is 0 Å². The first kappa shape index (κ1) is 9.88. The van der Waals surface area contributed by atoms with Crippen LogP contribution in [0.1, 0.15) is 6.92 Å². The largest absolute Gasteiger partial charge is 0.394 e. The molecule has 0 aromatic carbocycles. The van der Waals surface area contributed by atoms with E-state index in [1.807, 2.05) is 0 Å². The predicted molar refractivity (Wildman–Crippen MR) is 39.4 cm³/mol. The van der Waals surface area contributed by atoms with E-state index in [4.69, 9.17) is 9.84 Å². The molecule has 1 rings (SSSR count). The molecule has 0 aromatic heterocycles. The maximum Gasteiger partial charge on any atom is 0.111 e. The zero-order chi connectivity index (χ0) is 9.30. The summed E-state index contributed by atoms with van der Waals surface area (Å²) in [6.07, 6.45) is -4.94. The summed E-state index contributed by atoms with van der Waals surface area (Å²) in [5.41, 5.74) is 0. The predicted octanol–water partition coefficient (Wildman–Crippen LogP) is -2.15. The van der Waals surface area contributed by atoms with Gasteiger partial charge >= 0.3 is 0 Å². The highest BCUT2D eigenvalue weighted by Crippen LogP contribution is 2.20. The summed E-state index contributed by atoms with van der Waals surface area (Å²) in [5.74, 6) is 0. The number of hydrogen-bond acceptors (Lipinski definition) is 5. The van der Waals surface area contributed by atoms with E-state index in [0.717, 1.165) is 0 Å². The summed E-state index contributed by atoms with van der Waals surface area (Å²) in [6.45, 7) is 1.21. The van der Waals surface area contributed by atoms with Crippen molar-refractivity contribution in [3.8, 4) is 0 Å². The van der Waals surface area contributed by atoms with Crippen molar-refractivity contribution in [2.75, 3.05) is 6.61 Å². The summed E-state index contributed by atoms with van der Waals surface area (Å²) in [5, 5.41) is 36.4. The van der Waals surface area contributed by atoms with Crippen molar-refractivity contribution in [1.82, 2.24) is 0 Å². The molecule has 12 heavy (non-hydrogen) atoms. The Labute approximate surface area is 70.2 Å². The fraction of sp³-hybridized carbons (Fsp3) is 1.00. The third-order valence-electron chi connectivity index (χ3n) is 2.13. The maximum atomic E-state index is 9.23. The molecule has 0 amide bonds. The smallest absolute Gasteiger partial charge is 0.111 e. The van der Waals surface area contributed by atoms with Gasteiger partial charge in [0.25, 0.3) is 0 Å². The second kappa shape index (κ2) is 3.68. The average Bonchev–Trinajstić information content (AvgIpc) is 2.08. The van der Waals surface area contributed by atoms with Gasteiger partial charge in [0.15, 0.2) is 0 Å². The summed E-state index contributed by atoms with van der Waals surface area (Å²) in [4.78, 5) is 0. The number of ether oxygens (including phenoxy) is 1. The summed E-state index contributed by atoms with van der Waals surface area (Å²) in [6, 6.07) is 0. The van der Waals surface area contributed by atoms with E-state index < -0.39 is 30.5 Å². The molecule has 0 spiro atoms. The topological polar surface area (TPSA) is 90.2 Å². The lowest BCUT2D eigenvalue weighted by atomic mass is 9.96. The highest BCUT2D eigenvalue weighted by atomic mass is 16.5. The average molecular weight is 178 g/mol. The van der Waals surface area contributed by atoms with Crippen molar-refractivity contribution in [3.05, 3.63) is 0 Å². The van der Waals surface area contributed by atoms with E-state index in [1.165, 1.54) is 0 Å². The number of hydrogen-bond donors (Lipinski definition) is 4. The van der Waals surface area contributed by atoms with Gasteiger partial charge in [-0.2, -0.15) is 0 Å². The van der Waals surface area contributed by atoms with Gasteiger partial charge in [-0.1, -0.05) is 0 Å². The van der Waals surface area contributed by atoms with Gasteiger partial charge < -0.3 is 25.2 Å². The number of rotatable bonds is 1. The molecular formula is C7H14O5. The molecule has 72 valence electrons. The van der Waals surface area contributed by atoms with Crippen LogP contribution in [0.2, 0.25) is 0 Å². The Morgan fingerprint density at radius 3 is 2.17 bits per heavy atom. The van der Waals surface area contributed by atoms with E-state index in [0.29, 0.717) is 0 Å². The Hall–Kier alpha value is -0.200. The van der Waals surface area contributed by atoms with Crippen molar-refractivity contribution in [1.29, 1.82) is 0 Å². The van der Waals surface area contributed by atoms with Crippen LogP contribution in [0, 0.1) is 0 Å². The third kappa shape index (κ3) is 1.60. The molecule has 4 N–H and O–H groups in total. The standard InChI is InChI=1S/C7H14O5/c1-3-5(9)7(11)6(10)4(2-8)12-3/h3-11H,2H2,1H3/t3-,4?,5?,6?,7-/m1/s1. The van der Waals surface area contributed by atoms with Gasteiger partial charge in [-0.25, -0.2) is 0 Å². The Morgan fingerprint density at radius 1 is 1.08 bits per heavy atom. The van der Waals surface area contributed by atoms with Crippen LogP contribution in [0.5, 0.6) is 0 Å². The van der Waals surface area contributed by atoms with Gasteiger partial charge in [0.1, 0.15) is 24.4 Å². The Bertz CT molecular complexity index is 146. The molecule has 0 radical (unpaired) electrons. The lowest BCUT2D eigenvalue weighted by molar-refractivity contribution is -0.224. The van der Waals surface area contributed by atoms with Crippen LogP contribution in [0.3, 0.4) is 0 Å². The van der Waals surface area contributed by atoms with E-state index in [2.05, 4.69) is 0 Å². The molecule has 1 fully saturated rings. The van der Waals surface area contributed by atoms with E-state index in [1.54, 1.807) is 6.92 Å². The second-order valence-electron chi connectivity index (χ2n) is 3.03. The van der Waals surface area contributed by atoms with Crippen LogP contribution in [-0.4, -0.2) is 57.6 Å². The molecule has 1 aliphatic rings. The molecule has 0 aliphatic carbocycles. The lowest BCUT2D eigenvalue weighted by Gasteiger charge is -2.38. The van der Waals surface area contributed by atoms with Gasteiger partial charge in [0.05, 0.1) is 12.7 Å². The fourth-order valence-corrected chi connectivity index (χ4v) is 1.29. The highest BCUT2D eigenvalue weighted by Gasteiger charge is 2.41. The first-order chi connectivity index (χ1) is 5.57. The minimum atomic E-state index is -1.24. The first-order valence-corrected chi connectivity index (χ1v) is 3.88. The van der Waals surface area contributed by atoms with Crippen molar-refractivity contribution < 1.29 is 25.2 Å². The molecule has 0 bridgehead atoms. The minimum absolute atomic E-state index is 0.366. The summed E-state index contributed by atoms with van der Waals surface area (Å²) < 4.78 is 5.02. The van der Waals surface area contributed by atoms with Crippen LogP contribution in [-0.2, 0) is 4.74 Å². The number of aliphatic hydroxyl groups excluding tert-OH is 4. The molecule has 5 nitrogen and oxygen atoms in total. The van der Waals surface area contributed by atoms with Crippen molar-refractivity contribution >= 4 is 0 Å². The molecule has 0 saturated carbocycles. The molecule has 3 unspecified atom stereocenters. The molecule has 1 heterocycles. The quantitative estimate of drug-likeness (QED) is 0.367. The molecular weight excluding hydrogens is 164 g/mol. The van der Waals surface area contributed by atoms with Crippen molar-refractivity contribution in [2.45, 2.75) is 37.4 Å². The first-order valence-electron chi connectivity index (χ1n) is 3.88. The van der Waals surface area contributed by atoms with Gasteiger partial charge in [-0.3, -0.25) is 0 Å². The Balaban J connectivity index is 2.63. The summed E-state index contributed by atoms with van der Waals surface area (Å²) >= 11 is 0. The van der Waals surface area contributed by atoms with E-state index in [9.17, 15) is 15.3 Å². The van der Waals surface area contributed by atoms with Crippen LogP contribution in [0.25, 0.3) is 0 Å². The summed E-state index contributed by atoms with van der Waals surface area (Å²) in [7, 11) is 0. The molecule has 5 atom stereocenters. The zero-order valence-corrected chi connectivity index (χ0v) is 6.79. The zero-order valence-electron chi connectivity index (χ0n) is 6.79. The van der Waals surface area contributed by atoms with Gasteiger partial charge in [0, 0.05) is 0 Å².